The van der Waals surface area contributed by atoms with E-state index in [1.807, 2.05) is 65.5 Å². The molecule has 0 saturated heterocycles. The summed E-state index contributed by atoms with van der Waals surface area (Å²) < 4.78 is 0.266. The topological polar surface area (TPSA) is 44.6 Å². The van der Waals surface area contributed by atoms with Crippen LogP contribution >= 0.6 is 22.7 Å². The standard InChI is InChI=1S/C20H17N6S2/c1-24-25(19-21-12-14-27-19)23-18(16-8-4-2-5-9-16)26(24,20-22-13-15-28-20)17-10-6-3-7-11-17/h2-15H,1H3/q+1. The summed E-state index contributed by atoms with van der Waals surface area (Å²) in [6.45, 7) is 0. The second kappa shape index (κ2) is 6.92. The van der Waals surface area contributed by atoms with Gasteiger partial charge in [0.15, 0.2) is 5.69 Å². The van der Waals surface area contributed by atoms with Crippen molar-refractivity contribution < 1.29 is 0 Å². The molecule has 5 rings (SSSR count). The maximum atomic E-state index is 5.03. The molecule has 8 heteroatoms. The molecule has 4 aromatic rings. The van der Waals surface area contributed by atoms with Gasteiger partial charge in [0.1, 0.15) is 0 Å². The zero-order valence-electron chi connectivity index (χ0n) is 15.1. The van der Waals surface area contributed by atoms with Crippen molar-refractivity contribution in [3.8, 4) is 0 Å². The lowest BCUT2D eigenvalue weighted by Crippen LogP contribution is -2.59. The van der Waals surface area contributed by atoms with Gasteiger partial charge in [-0.15, -0.1) is 16.5 Å². The molecule has 1 aliphatic rings. The number of nitrogens with zero attached hydrogens (tertiary/aromatic N) is 6. The number of aromatic nitrogens is 2. The number of quaternary nitrogens is 1. The number of hydrogen-bond acceptors (Lipinski definition) is 7. The summed E-state index contributed by atoms with van der Waals surface area (Å²) >= 11 is 3.16. The Morgan fingerprint density at radius 1 is 0.821 bits per heavy atom. The van der Waals surface area contributed by atoms with Gasteiger partial charge < -0.3 is 0 Å². The third-order valence-corrected chi connectivity index (χ3v) is 6.23. The number of rotatable bonds is 4. The fourth-order valence-electron chi connectivity index (χ4n) is 3.43. The fraction of sp³-hybridized carbons (Fsp3) is 0.0500. The van der Waals surface area contributed by atoms with E-state index in [4.69, 9.17) is 10.1 Å². The number of thiazole rings is 2. The number of hydrazine groups is 1. The average Bonchev–Trinajstić information content (AvgIpc) is 3.50. The highest BCUT2D eigenvalue weighted by Crippen LogP contribution is 2.45. The summed E-state index contributed by atoms with van der Waals surface area (Å²) in [4.78, 5) is 9.20. The van der Waals surface area contributed by atoms with Gasteiger partial charge in [-0.2, -0.15) is 4.98 Å². The van der Waals surface area contributed by atoms with Gasteiger partial charge in [0, 0.05) is 35.3 Å². The second-order valence-corrected chi connectivity index (χ2v) is 7.91. The molecule has 28 heavy (non-hydrogen) atoms. The van der Waals surface area contributed by atoms with Gasteiger partial charge in [-0.25, -0.2) is 4.98 Å². The Hall–Kier alpha value is -2.91. The van der Waals surface area contributed by atoms with E-state index in [-0.39, 0.29) is 4.59 Å². The number of para-hydroxylation sites is 1. The highest BCUT2D eigenvalue weighted by molar-refractivity contribution is 7.14. The van der Waals surface area contributed by atoms with Gasteiger partial charge in [0.25, 0.3) is 5.84 Å². The zero-order valence-corrected chi connectivity index (χ0v) is 16.7. The van der Waals surface area contributed by atoms with E-state index in [0.717, 1.165) is 27.3 Å². The van der Waals surface area contributed by atoms with Crippen LogP contribution in [0.3, 0.4) is 0 Å². The Morgan fingerprint density at radius 3 is 2.14 bits per heavy atom. The predicted octanol–water partition coefficient (Wildman–Crippen LogP) is 4.88. The Kier molecular flexibility index (Phi) is 4.25. The van der Waals surface area contributed by atoms with Gasteiger partial charge in [-0.1, -0.05) is 57.4 Å². The van der Waals surface area contributed by atoms with Crippen LogP contribution in [-0.2, 0) is 0 Å². The van der Waals surface area contributed by atoms with E-state index in [1.165, 1.54) is 0 Å². The maximum Gasteiger partial charge on any atom is 0.319 e. The van der Waals surface area contributed by atoms with Crippen molar-refractivity contribution in [1.82, 2.24) is 19.7 Å². The van der Waals surface area contributed by atoms with Gasteiger partial charge in [0.2, 0.25) is 5.13 Å². The van der Waals surface area contributed by atoms with Gasteiger partial charge in [-0.05, 0) is 17.3 Å². The highest BCUT2D eigenvalue weighted by Gasteiger charge is 2.55. The minimum atomic E-state index is 0.266. The Morgan fingerprint density at radius 2 is 1.50 bits per heavy atom. The third kappa shape index (κ3) is 2.50. The van der Waals surface area contributed by atoms with Gasteiger partial charge >= 0.3 is 5.13 Å². The van der Waals surface area contributed by atoms with Gasteiger partial charge in [0.05, 0.1) is 12.6 Å². The number of hydrazone groups is 1. The first kappa shape index (κ1) is 17.2. The first-order valence-electron chi connectivity index (χ1n) is 8.75. The summed E-state index contributed by atoms with van der Waals surface area (Å²) in [5.74, 6) is 0.874. The summed E-state index contributed by atoms with van der Waals surface area (Å²) in [5.41, 5.74) is 2.09. The van der Waals surface area contributed by atoms with Crippen LogP contribution in [0.5, 0.6) is 0 Å². The molecule has 1 aliphatic heterocycles. The smallest absolute Gasteiger partial charge is 0.226 e. The first-order chi connectivity index (χ1) is 13.8. The third-order valence-electron chi connectivity index (χ3n) is 4.65. The van der Waals surface area contributed by atoms with Crippen molar-refractivity contribution in [3.05, 3.63) is 89.4 Å². The van der Waals surface area contributed by atoms with Crippen LogP contribution in [0.15, 0.2) is 88.9 Å². The summed E-state index contributed by atoms with van der Waals surface area (Å²) in [6.07, 6.45) is 3.63. The fourth-order valence-corrected chi connectivity index (χ4v) is 4.88. The van der Waals surface area contributed by atoms with Crippen LogP contribution in [0.1, 0.15) is 5.56 Å². The zero-order chi connectivity index (χ0) is 19.0. The van der Waals surface area contributed by atoms with Crippen LogP contribution in [-0.4, -0.2) is 28.0 Å². The SMILES string of the molecule is CN1N(c2nccs2)N=C(c2ccccc2)[N+]1(c1ccccc1)c1nccs1. The summed E-state index contributed by atoms with van der Waals surface area (Å²) in [7, 11) is 2.02. The number of hydrogen-bond donors (Lipinski definition) is 0. The maximum absolute atomic E-state index is 5.03. The molecular weight excluding hydrogens is 388 g/mol. The van der Waals surface area contributed by atoms with Crippen LogP contribution < -0.4 is 9.71 Å². The summed E-state index contributed by atoms with van der Waals surface area (Å²) in [5, 5.41) is 14.7. The Bertz CT molecular complexity index is 1080. The first-order valence-corrected chi connectivity index (χ1v) is 10.5. The molecule has 0 aliphatic carbocycles. The van der Waals surface area contributed by atoms with Crippen molar-refractivity contribution in [2.75, 3.05) is 12.2 Å². The molecule has 0 spiro atoms. The molecule has 0 saturated carbocycles. The molecule has 0 bridgehead atoms. The molecule has 6 nitrogen and oxygen atoms in total. The summed E-state index contributed by atoms with van der Waals surface area (Å²) in [6, 6.07) is 20.6. The van der Waals surface area contributed by atoms with Crippen molar-refractivity contribution in [1.29, 1.82) is 0 Å². The lowest BCUT2D eigenvalue weighted by Gasteiger charge is -2.36. The molecular formula is C20H17N6S2+. The van der Waals surface area contributed by atoms with E-state index >= 15 is 0 Å². The number of benzene rings is 2. The van der Waals surface area contributed by atoms with Crippen LogP contribution in [0.4, 0.5) is 16.0 Å². The predicted molar refractivity (Wildman–Crippen MR) is 115 cm³/mol. The molecule has 1 atom stereocenters. The molecule has 0 amide bonds. The monoisotopic (exact) mass is 405 g/mol. The van der Waals surface area contributed by atoms with E-state index < -0.39 is 0 Å². The minimum absolute atomic E-state index is 0.266. The Labute approximate surface area is 170 Å². The number of amidine groups is 1. The van der Waals surface area contributed by atoms with Crippen LogP contribution in [0, 0.1) is 0 Å². The molecule has 3 heterocycles. The van der Waals surface area contributed by atoms with Gasteiger partial charge in [-0.3, -0.25) is 0 Å². The quantitative estimate of drug-likeness (QED) is 0.454. The lowest BCUT2D eigenvalue weighted by atomic mass is 10.1. The molecule has 0 N–H and O–H groups in total. The average molecular weight is 406 g/mol. The second-order valence-electron chi connectivity index (χ2n) is 6.17. The molecule has 0 fully saturated rings. The van der Waals surface area contributed by atoms with E-state index in [2.05, 4.69) is 34.4 Å². The van der Waals surface area contributed by atoms with Crippen molar-refractivity contribution in [2.24, 2.45) is 5.10 Å². The number of anilines is 1. The normalized spacial score (nSPS) is 19.8. The lowest BCUT2D eigenvalue weighted by molar-refractivity contribution is 0.148. The largest absolute Gasteiger partial charge is 0.319 e. The van der Waals surface area contributed by atoms with Crippen LogP contribution in [0.25, 0.3) is 0 Å². The molecule has 2 aromatic carbocycles. The van der Waals surface area contributed by atoms with E-state index in [9.17, 15) is 0 Å². The van der Waals surface area contributed by atoms with Crippen molar-refractivity contribution >= 4 is 44.5 Å². The molecule has 1 unspecified atom stereocenters. The molecule has 0 radical (unpaired) electrons. The highest BCUT2D eigenvalue weighted by atomic mass is 32.1. The van der Waals surface area contributed by atoms with Crippen molar-refractivity contribution in [3.63, 3.8) is 0 Å². The Balaban J connectivity index is 1.81. The molecule has 138 valence electrons. The van der Waals surface area contributed by atoms with Crippen molar-refractivity contribution in [2.45, 2.75) is 0 Å². The molecule has 2 aromatic heterocycles. The minimum Gasteiger partial charge on any atom is -0.226 e. The van der Waals surface area contributed by atoms with Crippen LogP contribution in [0.2, 0.25) is 0 Å². The van der Waals surface area contributed by atoms with E-state index in [0.29, 0.717) is 0 Å². The van der Waals surface area contributed by atoms with E-state index in [1.54, 1.807) is 28.9 Å².